The SMILES string of the molecule is C[C@H](O)CCNC(=O)OCCc1ncc(-c2nn(C3CCCCO3)c3ccc(O[Si](C)(C)C(C)(C)C)cc23)s1. The summed E-state index contributed by atoms with van der Waals surface area (Å²) < 4.78 is 20.0. The predicted octanol–water partition coefficient (Wildman–Crippen LogP) is 6.28. The Morgan fingerprint density at radius 1 is 1.33 bits per heavy atom. The van der Waals surface area contributed by atoms with E-state index in [4.69, 9.17) is 19.0 Å². The number of hydrogen-bond donors (Lipinski definition) is 2. The van der Waals surface area contributed by atoms with Gasteiger partial charge in [-0.05, 0) is 68.9 Å². The molecule has 4 rings (SSSR count). The van der Waals surface area contributed by atoms with E-state index < -0.39 is 20.5 Å². The smallest absolute Gasteiger partial charge is 0.407 e. The molecule has 1 saturated heterocycles. The third-order valence-electron chi connectivity index (χ3n) is 7.45. The van der Waals surface area contributed by atoms with Crippen LogP contribution in [0.2, 0.25) is 18.1 Å². The molecule has 1 aromatic carbocycles. The van der Waals surface area contributed by atoms with E-state index in [1.165, 1.54) is 0 Å². The van der Waals surface area contributed by atoms with Gasteiger partial charge in [-0.3, -0.25) is 0 Å². The molecular weight excluding hydrogens is 532 g/mol. The first-order valence-corrected chi connectivity index (χ1v) is 17.5. The van der Waals surface area contributed by atoms with Gasteiger partial charge >= 0.3 is 6.09 Å². The summed E-state index contributed by atoms with van der Waals surface area (Å²) in [5.41, 5.74) is 1.88. The Morgan fingerprint density at radius 2 is 2.13 bits per heavy atom. The Morgan fingerprint density at radius 3 is 2.82 bits per heavy atom. The largest absolute Gasteiger partial charge is 0.543 e. The number of thiazole rings is 1. The van der Waals surface area contributed by atoms with Crippen molar-refractivity contribution < 1.29 is 23.8 Å². The van der Waals surface area contributed by atoms with Crippen molar-refractivity contribution >= 4 is 36.7 Å². The van der Waals surface area contributed by atoms with Crippen molar-refractivity contribution in [3.8, 4) is 16.3 Å². The van der Waals surface area contributed by atoms with Crippen molar-refractivity contribution in [2.45, 2.75) is 90.3 Å². The van der Waals surface area contributed by atoms with E-state index in [0.29, 0.717) is 19.4 Å². The molecule has 2 atom stereocenters. The van der Waals surface area contributed by atoms with Gasteiger partial charge in [0.2, 0.25) is 8.32 Å². The Hall–Kier alpha value is -2.47. The second-order valence-electron chi connectivity index (χ2n) is 11.7. The van der Waals surface area contributed by atoms with Gasteiger partial charge in [-0.15, -0.1) is 11.3 Å². The van der Waals surface area contributed by atoms with Crippen molar-refractivity contribution in [2.24, 2.45) is 0 Å². The topological polar surface area (TPSA) is 108 Å². The number of amides is 1. The first kappa shape index (κ1) is 29.5. The minimum Gasteiger partial charge on any atom is -0.543 e. The van der Waals surface area contributed by atoms with E-state index in [2.05, 4.69) is 62.4 Å². The van der Waals surface area contributed by atoms with E-state index in [1.54, 1.807) is 18.3 Å². The van der Waals surface area contributed by atoms with Gasteiger partial charge in [-0.1, -0.05) is 20.8 Å². The maximum absolute atomic E-state index is 11.9. The number of aliphatic hydroxyl groups excluding tert-OH is 1. The van der Waals surface area contributed by atoms with Crippen LogP contribution in [0.25, 0.3) is 21.5 Å². The number of aromatic nitrogens is 3. The molecule has 39 heavy (non-hydrogen) atoms. The number of benzene rings is 1. The van der Waals surface area contributed by atoms with Crippen LogP contribution in [-0.4, -0.2) is 60.1 Å². The van der Waals surface area contributed by atoms with Crippen LogP contribution in [0.1, 0.15) is 64.6 Å². The van der Waals surface area contributed by atoms with Gasteiger partial charge in [-0.2, -0.15) is 5.10 Å². The summed E-state index contributed by atoms with van der Waals surface area (Å²) in [5, 5.41) is 19.0. The van der Waals surface area contributed by atoms with Crippen LogP contribution in [0.3, 0.4) is 0 Å². The number of rotatable bonds is 10. The van der Waals surface area contributed by atoms with Gasteiger partial charge in [-0.25, -0.2) is 14.5 Å². The van der Waals surface area contributed by atoms with Crippen molar-refractivity contribution in [1.29, 1.82) is 0 Å². The second kappa shape index (κ2) is 12.4. The standard InChI is InChI=1S/C28H42N4O5SSi/c1-19(33)12-14-29-27(34)36-16-13-24-30-18-23(38-24)26-21-17-20(37-39(5,6)28(2,3)4)10-11-22(21)32(31-26)25-9-7-8-15-35-25/h10-11,17-19,25,33H,7-9,12-16H2,1-6H3,(H,29,34)/t19-,25?/m0/s1. The molecule has 1 unspecified atom stereocenters. The first-order valence-electron chi connectivity index (χ1n) is 13.8. The highest BCUT2D eigenvalue weighted by Crippen LogP contribution is 2.40. The van der Waals surface area contributed by atoms with Gasteiger partial charge in [0.25, 0.3) is 0 Å². The van der Waals surface area contributed by atoms with E-state index in [0.717, 1.165) is 58.1 Å². The average Bonchev–Trinajstić information content (AvgIpc) is 3.48. The molecular formula is C28H42N4O5SSi. The summed E-state index contributed by atoms with van der Waals surface area (Å²) in [7, 11) is -2.01. The van der Waals surface area contributed by atoms with Gasteiger partial charge in [0.15, 0.2) is 6.23 Å². The lowest BCUT2D eigenvalue weighted by Gasteiger charge is -2.36. The number of nitrogens with zero attached hydrogens (tertiary/aromatic N) is 3. The third kappa shape index (κ3) is 7.39. The number of hydrogen-bond acceptors (Lipinski definition) is 8. The third-order valence-corrected chi connectivity index (χ3v) is 12.9. The predicted molar refractivity (Wildman–Crippen MR) is 157 cm³/mol. The Kier molecular flexibility index (Phi) is 9.35. The van der Waals surface area contributed by atoms with Gasteiger partial charge < -0.3 is 24.3 Å². The van der Waals surface area contributed by atoms with Crippen molar-refractivity contribution in [3.63, 3.8) is 0 Å². The number of alkyl carbamates (subject to hydrolysis) is 1. The fourth-order valence-corrected chi connectivity index (χ4v) is 6.07. The molecule has 0 spiro atoms. The van der Waals surface area contributed by atoms with Crippen LogP contribution in [0.15, 0.2) is 24.4 Å². The number of aliphatic hydroxyl groups is 1. The second-order valence-corrected chi connectivity index (χ2v) is 17.6. The fraction of sp³-hybridized carbons (Fsp3) is 0.607. The maximum atomic E-state index is 11.9. The quantitative estimate of drug-likeness (QED) is 0.274. The maximum Gasteiger partial charge on any atom is 0.407 e. The summed E-state index contributed by atoms with van der Waals surface area (Å²) in [6, 6.07) is 6.26. The van der Waals surface area contributed by atoms with E-state index >= 15 is 0 Å². The van der Waals surface area contributed by atoms with Crippen LogP contribution < -0.4 is 9.74 Å². The number of fused-ring (bicyclic) bond motifs is 1. The van der Waals surface area contributed by atoms with Crippen molar-refractivity contribution in [3.05, 3.63) is 29.4 Å². The Bertz CT molecular complexity index is 1260. The number of carbonyl (C=O) groups is 1. The van der Waals surface area contributed by atoms with Crippen molar-refractivity contribution in [2.75, 3.05) is 19.8 Å². The fourth-order valence-electron chi connectivity index (χ4n) is 4.15. The lowest BCUT2D eigenvalue weighted by atomic mass is 10.1. The molecule has 3 aromatic rings. The van der Waals surface area contributed by atoms with E-state index in [1.807, 2.05) is 10.9 Å². The van der Waals surface area contributed by atoms with Crippen LogP contribution in [0.5, 0.6) is 5.75 Å². The molecule has 1 aliphatic rings. The Labute approximate surface area is 236 Å². The summed E-state index contributed by atoms with van der Waals surface area (Å²) in [5.74, 6) is 0.860. The molecule has 214 valence electrons. The first-order chi connectivity index (χ1) is 18.4. The van der Waals surface area contributed by atoms with Crippen LogP contribution in [0.4, 0.5) is 4.79 Å². The zero-order valence-corrected chi connectivity index (χ0v) is 25.8. The number of carbonyl (C=O) groups excluding carboxylic acids is 1. The molecule has 1 amide bonds. The highest BCUT2D eigenvalue weighted by molar-refractivity contribution is 7.15. The minimum atomic E-state index is -2.01. The number of ether oxygens (including phenoxy) is 2. The van der Waals surface area contributed by atoms with E-state index in [9.17, 15) is 9.90 Å². The minimum absolute atomic E-state index is 0.0877. The normalized spacial score (nSPS) is 17.3. The van der Waals surface area contributed by atoms with Crippen molar-refractivity contribution in [1.82, 2.24) is 20.1 Å². The molecule has 2 N–H and O–H groups in total. The Balaban J connectivity index is 1.55. The molecule has 1 aliphatic heterocycles. The summed E-state index contributed by atoms with van der Waals surface area (Å²) >= 11 is 1.55. The summed E-state index contributed by atoms with van der Waals surface area (Å²) in [6.45, 7) is 14.2. The monoisotopic (exact) mass is 574 g/mol. The van der Waals surface area contributed by atoms with Gasteiger partial charge in [0.1, 0.15) is 11.4 Å². The van der Waals surface area contributed by atoms with Crippen LogP contribution in [0, 0.1) is 0 Å². The summed E-state index contributed by atoms with van der Waals surface area (Å²) in [6.07, 6.45) is 4.93. The highest BCUT2D eigenvalue weighted by atomic mass is 32.1. The highest BCUT2D eigenvalue weighted by Gasteiger charge is 2.39. The molecule has 9 nitrogen and oxygen atoms in total. The molecule has 3 heterocycles. The zero-order valence-electron chi connectivity index (χ0n) is 24.0. The van der Waals surface area contributed by atoms with Crippen LogP contribution >= 0.6 is 11.3 Å². The molecule has 1 fully saturated rings. The van der Waals surface area contributed by atoms with Gasteiger partial charge in [0.05, 0.1) is 28.1 Å². The average molecular weight is 575 g/mol. The van der Waals surface area contributed by atoms with E-state index in [-0.39, 0.29) is 17.9 Å². The van der Waals surface area contributed by atoms with Crippen LogP contribution in [-0.2, 0) is 15.9 Å². The molecule has 0 aliphatic carbocycles. The number of nitrogens with one attached hydrogen (secondary N) is 1. The van der Waals surface area contributed by atoms with Gasteiger partial charge in [0, 0.05) is 31.2 Å². The molecule has 0 radical (unpaired) electrons. The lowest BCUT2D eigenvalue weighted by Crippen LogP contribution is -2.43. The zero-order chi connectivity index (χ0) is 28.2. The summed E-state index contributed by atoms with van der Waals surface area (Å²) in [4.78, 5) is 17.4. The molecule has 0 saturated carbocycles. The molecule has 0 bridgehead atoms. The molecule has 2 aromatic heterocycles. The molecule has 11 heteroatoms. The lowest BCUT2D eigenvalue weighted by molar-refractivity contribution is -0.0365.